The number of aliphatic hydroxyl groups excluding tert-OH is 1. The first-order chi connectivity index (χ1) is 18.3. The first kappa shape index (κ1) is 29.4. The van der Waals surface area contributed by atoms with Gasteiger partial charge < -0.3 is 34.1 Å². The highest BCUT2D eigenvalue weighted by Crippen LogP contribution is 2.48. The fraction of sp³-hybridized carbons (Fsp3) is 0.571. The summed E-state index contributed by atoms with van der Waals surface area (Å²) in [6, 6.07) is 3.63. The average Bonchev–Trinajstić information content (AvgIpc) is 3.58. The zero-order valence-corrected chi connectivity index (χ0v) is 23.8. The highest BCUT2D eigenvalue weighted by atomic mass is 35.5. The van der Waals surface area contributed by atoms with Gasteiger partial charge in [-0.1, -0.05) is 42.3 Å². The second-order valence-electron chi connectivity index (χ2n) is 10.8. The van der Waals surface area contributed by atoms with Gasteiger partial charge in [-0.15, -0.1) is 0 Å². The van der Waals surface area contributed by atoms with Crippen LogP contribution in [0.3, 0.4) is 0 Å². The molecule has 0 aliphatic carbocycles. The zero-order valence-electron chi connectivity index (χ0n) is 23.1. The van der Waals surface area contributed by atoms with Crippen LogP contribution in [0.1, 0.15) is 39.2 Å². The molecule has 214 valence electrons. The molecule has 0 radical (unpaired) electrons. The van der Waals surface area contributed by atoms with Gasteiger partial charge in [0.25, 0.3) is 0 Å². The summed E-state index contributed by atoms with van der Waals surface area (Å²) in [6.45, 7) is 5.48. The van der Waals surface area contributed by atoms with Gasteiger partial charge in [0.2, 0.25) is 5.91 Å². The lowest BCUT2D eigenvalue weighted by molar-refractivity contribution is -0.142. The van der Waals surface area contributed by atoms with Crippen molar-refractivity contribution in [3.63, 3.8) is 0 Å². The van der Waals surface area contributed by atoms with Gasteiger partial charge in [0.1, 0.15) is 28.6 Å². The minimum atomic E-state index is -1.73. The maximum Gasteiger partial charge on any atom is 0.409 e. The van der Waals surface area contributed by atoms with Crippen molar-refractivity contribution in [1.29, 1.82) is 0 Å². The molecule has 0 saturated carbocycles. The van der Waals surface area contributed by atoms with E-state index in [0.717, 1.165) is 11.1 Å². The molecule has 10 nitrogen and oxygen atoms in total. The minimum absolute atomic E-state index is 0.0310. The van der Waals surface area contributed by atoms with Crippen molar-refractivity contribution in [2.24, 2.45) is 5.92 Å². The van der Waals surface area contributed by atoms with Gasteiger partial charge in [0, 0.05) is 26.5 Å². The quantitative estimate of drug-likeness (QED) is 0.467. The Kier molecular flexibility index (Phi) is 8.35. The number of nitrogens with one attached hydrogen (secondary N) is 1. The molecular formula is C28H37ClN2O8. The van der Waals surface area contributed by atoms with E-state index in [1.165, 1.54) is 19.1 Å². The number of epoxide rings is 1. The molecule has 3 heterocycles. The van der Waals surface area contributed by atoms with E-state index in [1.54, 1.807) is 26.1 Å². The van der Waals surface area contributed by atoms with Gasteiger partial charge >= 0.3 is 6.09 Å². The van der Waals surface area contributed by atoms with Gasteiger partial charge in [-0.3, -0.25) is 10.1 Å². The number of allylic oxidation sites excluding steroid dienone is 3. The van der Waals surface area contributed by atoms with E-state index in [9.17, 15) is 19.8 Å². The fourth-order valence-corrected chi connectivity index (χ4v) is 5.78. The van der Waals surface area contributed by atoms with Crippen LogP contribution >= 0.6 is 11.6 Å². The summed E-state index contributed by atoms with van der Waals surface area (Å²) in [4.78, 5) is 27.1. The molecule has 0 aromatic heterocycles. The Balaban J connectivity index is 1.74. The van der Waals surface area contributed by atoms with Crippen LogP contribution < -0.4 is 15.0 Å². The zero-order chi connectivity index (χ0) is 28.7. The molecule has 2 fully saturated rings. The number of methoxy groups -OCH3 is 2. The van der Waals surface area contributed by atoms with E-state index in [0.29, 0.717) is 17.9 Å². The van der Waals surface area contributed by atoms with Crippen molar-refractivity contribution >= 4 is 29.3 Å². The number of hydrogen-bond donors (Lipinski definition) is 3. The van der Waals surface area contributed by atoms with Crippen LogP contribution in [0.15, 0.2) is 35.9 Å². The Labute approximate surface area is 233 Å². The van der Waals surface area contributed by atoms with E-state index in [-0.39, 0.29) is 23.8 Å². The van der Waals surface area contributed by atoms with Crippen molar-refractivity contribution in [3.05, 3.63) is 46.5 Å². The van der Waals surface area contributed by atoms with E-state index in [4.69, 9.17) is 30.5 Å². The van der Waals surface area contributed by atoms with Crippen LogP contribution in [0.4, 0.5) is 10.5 Å². The van der Waals surface area contributed by atoms with Gasteiger partial charge in [-0.25, -0.2) is 4.79 Å². The SMILES string of the molecule is COc1cc2cc(c1Cl)N(C)C(=O)C[C@H](O)[C@@]1(C)O[C@H]1[C@H](C)[C@@H]1C[C@@](O)(NC(=O)O1)C(OC)/C=C/C=C(\C)C2. The number of alkyl carbamates (subject to hydrolysis) is 1. The van der Waals surface area contributed by atoms with Crippen LogP contribution in [-0.4, -0.2) is 79.2 Å². The Hall–Kier alpha value is -2.63. The molecule has 11 heteroatoms. The van der Waals surface area contributed by atoms with Gasteiger partial charge in [0.05, 0.1) is 31.4 Å². The van der Waals surface area contributed by atoms with Crippen molar-refractivity contribution in [3.8, 4) is 5.75 Å². The lowest BCUT2D eigenvalue weighted by Gasteiger charge is -2.42. The molecule has 2 saturated heterocycles. The molecule has 7 atom stereocenters. The lowest BCUT2D eigenvalue weighted by Crippen LogP contribution is -2.63. The predicted molar refractivity (Wildman–Crippen MR) is 145 cm³/mol. The summed E-state index contributed by atoms with van der Waals surface area (Å²) >= 11 is 6.58. The molecular weight excluding hydrogens is 528 g/mol. The number of benzene rings is 1. The summed E-state index contributed by atoms with van der Waals surface area (Å²) in [5.74, 6) is -0.323. The number of ether oxygens (including phenoxy) is 4. The standard InChI is InChI=1S/C28H37ClN2O8/c1-15-8-7-9-22(37-6)28(35)14-20(38-26(34)30-28)16(2)25-27(3,39-25)21(32)13-23(33)31(4)18-11-17(10-15)12-19(36-5)24(18)29/h7-9,11-12,16,20-22,25,32,35H,10,13-14H2,1-6H3,(H,30,34)/b9-7+,15-8+/t16-,20+,21+,22?,25+,27-,28+/m1/s1. The Morgan fingerprint density at radius 1 is 1.26 bits per heavy atom. The number of hydrogen-bond acceptors (Lipinski definition) is 8. The Bertz CT molecular complexity index is 1190. The van der Waals surface area contributed by atoms with Crippen LogP contribution in [0.2, 0.25) is 5.02 Å². The molecule has 3 aliphatic rings. The number of amides is 2. The molecule has 1 unspecified atom stereocenters. The Morgan fingerprint density at radius 3 is 2.64 bits per heavy atom. The maximum atomic E-state index is 13.3. The normalized spacial score (nSPS) is 37.6. The number of fused-ring (bicyclic) bond motifs is 5. The average molecular weight is 565 g/mol. The summed E-state index contributed by atoms with van der Waals surface area (Å²) in [5, 5.41) is 25.3. The number of anilines is 1. The van der Waals surface area contributed by atoms with Gasteiger partial charge in [-0.05, 0) is 38.0 Å². The smallest absolute Gasteiger partial charge is 0.409 e. The third kappa shape index (κ3) is 5.81. The molecule has 1 aromatic rings. The second kappa shape index (κ2) is 11.1. The number of carbonyl (C=O) groups excluding carboxylic acids is 2. The second-order valence-corrected chi connectivity index (χ2v) is 11.2. The summed E-state index contributed by atoms with van der Waals surface area (Å²) in [5.41, 5.74) is -0.479. The van der Waals surface area contributed by atoms with Crippen molar-refractivity contribution in [1.82, 2.24) is 5.32 Å². The number of rotatable bonds is 2. The monoisotopic (exact) mass is 564 g/mol. The molecule has 1 aromatic carbocycles. The highest BCUT2D eigenvalue weighted by Gasteiger charge is 2.62. The van der Waals surface area contributed by atoms with Crippen LogP contribution in [0.5, 0.6) is 5.75 Å². The van der Waals surface area contributed by atoms with Crippen molar-refractivity contribution in [2.45, 2.75) is 75.8 Å². The predicted octanol–water partition coefficient (Wildman–Crippen LogP) is 3.12. The largest absolute Gasteiger partial charge is 0.495 e. The van der Waals surface area contributed by atoms with Gasteiger partial charge in [0.15, 0.2) is 5.72 Å². The van der Waals surface area contributed by atoms with Crippen LogP contribution in [-0.2, 0) is 25.4 Å². The fourth-order valence-electron chi connectivity index (χ4n) is 5.46. The maximum absolute atomic E-state index is 13.3. The third-order valence-corrected chi connectivity index (χ3v) is 8.36. The van der Waals surface area contributed by atoms with Gasteiger partial charge in [-0.2, -0.15) is 0 Å². The molecule has 0 spiro atoms. The topological polar surface area (TPSA) is 130 Å². The van der Waals surface area contributed by atoms with Crippen LogP contribution in [0, 0.1) is 5.92 Å². The first-order valence-corrected chi connectivity index (χ1v) is 13.3. The van der Waals surface area contributed by atoms with Crippen LogP contribution in [0.25, 0.3) is 0 Å². The first-order valence-electron chi connectivity index (χ1n) is 12.9. The number of carbonyl (C=O) groups is 2. The third-order valence-electron chi connectivity index (χ3n) is 7.98. The number of aliphatic hydroxyl groups is 2. The molecule has 4 bridgehead atoms. The van der Waals surface area contributed by atoms with Crippen molar-refractivity contribution < 1.29 is 38.7 Å². The summed E-state index contributed by atoms with van der Waals surface area (Å²) in [7, 11) is 4.56. The Morgan fingerprint density at radius 2 is 1.97 bits per heavy atom. The molecule has 3 aliphatic heterocycles. The number of nitrogens with zero attached hydrogens (tertiary/aromatic N) is 1. The van der Waals surface area contributed by atoms with E-state index in [1.807, 2.05) is 32.1 Å². The van der Waals surface area contributed by atoms with Crippen molar-refractivity contribution in [2.75, 3.05) is 26.2 Å². The molecule has 4 rings (SSSR count). The summed E-state index contributed by atoms with van der Waals surface area (Å²) in [6.07, 6.45) is 1.63. The molecule has 2 amide bonds. The molecule has 39 heavy (non-hydrogen) atoms. The van der Waals surface area contributed by atoms with E-state index < -0.39 is 47.8 Å². The molecule has 3 N–H and O–H groups in total. The van der Waals surface area contributed by atoms with E-state index >= 15 is 0 Å². The minimum Gasteiger partial charge on any atom is -0.495 e. The van der Waals surface area contributed by atoms with E-state index in [2.05, 4.69) is 5.32 Å². The highest BCUT2D eigenvalue weighted by molar-refractivity contribution is 6.35. The summed E-state index contributed by atoms with van der Waals surface area (Å²) < 4.78 is 22.4. The lowest BCUT2D eigenvalue weighted by atomic mass is 9.84. The number of halogens is 1.